The lowest BCUT2D eigenvalue weighted by Gasteiger charge is -2.13. The van der Waals surface area contributed by atoms with Gasteiger partial charge in [0.2, 0.25) is 0 Å². The normalized spacial score (nSPS) is 12.7. The molecule has 0 saturated carbocycles. The Bertz CT molecular complexity index is 563. The molecule has 0 bridgehead atoms. The van der Waals surface area contributed by atoms with Gasteiger partial charge in [0.05, 0.1) is 6.33 Å². The molecule has 0 radical (unpaired) electrons. The van der Waals surface area contributed by atoms with Gasteiger partial charge in [-0.3, -0.25) is 0 Å². The first-order valence-electron chi connectivity index (χ1n) is 9.69. The first-order valence-corrected chi connectivity index (χ1v) is 10.7. The highest BCUT2D eigenvalue weighted by molar-refractivity contribution is 8.00. The fourth-order valence-electron chi connectivity index (χ4n) is 2.85. The summed E-state index contributed by atoms with van der Waals surface area (Å²) < 4.78 is 2.18. The molecule has 2 aromatic rings. The largest absolute Gasteiger partial charge is 0.336 e. The molecule has 0 amide bonds. The minimum Gasteiger partial charge on any atom is -0.336 e. The number of aromatic nitrogens is 2. The van der Waals surface area contributed by atoms with Crippen molar-refractivity contribution in [1.29, 1.82) is 0 Å². The molecular weight excluding hydrogens is 324 g/mol. The molecule has 0 fully saturated rings. The van der Waals surface area contributed by atoms with Gasteiger partial charge in [0.1, 0.15) is 0 Å². The van der Waals surface area contributed by atoms with E-state index in [9.17, 15) is 0 Å². The number of rotatable bonds is 13. The number of nitrogens with zero attached hydrogens (tertiary/aromatic N) is 2. The average molecular weight is 357 g/mol. The monoisotopic (exact) mass is 356 g/mol. The van der Waals surface area contributed by atoms with E-state index in [1.165, 1.54) is 56.3 Å². The molecule has 2 rings (SSSR count). The Morgan fingerprint density at radius 2 is 1.80 bits per heavy atom. The van der Waals surface area contributed by atoms with E-state index in [0.717, 1.165) is 6.54 Å². The van der Waals surface area contributed by atoms with Crippen LogP contribution >= 0.6 is 11.8 Å². The van der Waals surface area contributed by atoms with Crippen molar-refractivity contribution in [3.8, 4) is 0 Å². The number of unbranched alkanes of at least 4 members (excludes halogenated alkanes) is 6. The predicted octanol–water partition coefficient (Wildman–Crippen LogP) is 6.45. The van der Waals surface area contributed by atoms with Crippen LogP contribution in [0.2, 0.25) is 0 Å². The fraction of sp³-hybridized carbons (Fsp3) is 0.500. The molecule has 0 aliphatic carbocycles. The average Bonchev–Trinajstić information content (AvgIpc) is 3.15. The van der Waals surface area contributed by atoms with Crippen molar-refractivity contribution >= 4 is 17.8 Å². The molecule has 0 saturated heterocycles. The molecule has 1 aromatic carbocycles. The van der Waals surface area contributed by atoms with Crippen LogP contribution in [0.25, 0.3) is 6.08 Å². The van der Waals surface area contributed by atoms with E-state index in [2.05, 4.69) is 76.9 Å². The number of thioether (sulfide) groups is 1. The minimum atomic E-state index is 0.495. The van der Waals surface area contributed by atoms with Crippen LogP contribution in [0, 0.1) is 0 Å². The van der Waals surface area contributed by atoms with Gasteiger partial charge in [-0.2, -0.15) is 11.8 Å². The summed E-state index contributed by atoms with van der Waals surface area (Å²) in [5.41, 5.74) is 1.27. The van der Waals surface area contributed by atoms with Gasteiger partial charge in [-0.25, -0.2) is 4.98 Å². The summed E-state index contributed by atoms with van der Waals surface area (Å²) >= 11 is 2.07. The van der Waals surface area contributed by atoms with E-state index < -0.39 is 0 Å². The molecule has 1 aromatic heterocycles. The number of hydrogen-bond acceptors (Lipinski definition) is 2. The summed E-state index contributed by atoms with van der Waals surface area (Å²) in [4.78, 5) is 4.17. The van der Waals surface area contributed by atoms with E-state index in [1.54, 1.807) is 0 Å². The van der Waals surface area contributed by atoms with Crippen molar-refractivity contribution < 1.29 is 0 Å². The SMILES string of the molecule is CCCCCCCCCSC(C=Cc1ccccc1)Cn1ccnc1. The van der Waals surface area contributed by atoms with Crippen molar-refractivity contribution in [3.63, 3.8) is 0 Å². The van der Waals surface area contributed by atoms with E-state index in [0.29, 0.717) is 5.25 Å². The number of benzene rings is 1. The summed E-state index contributed by atoms with van der Waals surface area (Å²) in [6.45, 7) is 3.27. The van der Waals surface area contributed by atoms with Crippen LogP contribution in [0.4, 0.5) is 0 Å². The van der Waals surface area contributed by atoms with Crippen LogP contribution in [-0.2, 0) is 6.54 Å². The molecule has 0 aliphatic heterocycles. The van der Waals surface area contributed by atoms with Crippen LogP contribution in [0.5, 0.6) is 0 Å². The van der Waals surface area contributed by atoms with Crippen LogP contribution in [-0.4, -0.2) is 20.6 Å². The van der Waals surface area contributed by atoms with Crippen molar-refractivity contribution in [2.24, 2.45) is 0 Å². The third kappa shape index (κ3) is 8.97. The molecule has 136 valence electrons. The van der Waals surface area contributed by atoms with Crippen LogP contribution in [0.1, 0.15) is 57.4 Å². The number of imidazole rings is 1. The van der Waals surface area contributed by atoms with Gasteiger partial charge in [-0.15, -0.1) is 0 Å². The van der Waals surface area contributed by atoms with E-state index in [-0.39, 0.29) is 0 Å². The zero-order valence-corrected chi connectivity index (χ0v) is 16.3. The zero-order chi connectivity index (χ0) is 17.6. The smallest absolute Gasteiger partial charge is 0.0946 e. The maximum atomic E-state index is 4.17. The van der Waals surface area contributed by atoms with Crippen LogP contribution < -0.4 is 0 Å². The topological polar surface area (TPSA) is 17.8 Å². The van der Waals surface area contributed by atoms with Crippen LogP contribution in [0.15, 0.2) is 55.1 Å². The van der Waals surface area contributed by atoms with E-state index in [4.69, 9.17) is 0 Å². The third-order valence-corrected chi connectivity index (χ3v) is 5.59. The van der Waals surface area contributed by atoms with Gasteiger partial charge >= 0.3 is 0 Å². The Labute approximate surface area is 157 Å². The first kappa shape index (κ1) is 19.8. The van der Waals surface area contributed by atoms with Gasteiger partial charge in [-0.05, 0) is 17.7 Å². The second kappa shape index (κ2) is 12.8. The Balaban J connectivity index is 1.74. The summed E-state index contributed by atoms with van der Waals surface area (Å²) in [7, 11) is 0. The molecule has 0 spiro atoms. The second-order valence-electron chi connectivity index (χ2n) is 6.56. The predicted molar refractivity (Wildman–Crippen MR) is 112 cm³/mol. The molecule has 2 nitrogen and oxygen atoms in total. The van der Waals surface area contributed by atoms with Crippen molar-refractivity contribution in [1.82, 2.24) is 9.55 Å². The lowest BCUT2D eigenvalue weighted by Crippen LogP contribution is -2.10. The Morgan fingerprint density at radius 1 is 1.04 bits per heavy atom. The first-order chi connectivity index (χ1) is 12.4. The van der Waals surface area contributed by atoms with E-state index in [1.807, 2.05) is 12.5 Å². The maximum Gasteiger partial charge on any atom is 0.0946 e. The second-order valence-corrected chi connectivity index (χ2v) is 7.91. The molecule has 1 atom stereocenters. The summed E-state index contributed by atoms with van der Waals surface area (Å²) in [6.07, 6.45) is 20.1. The highest BCUT2D eigenvalue weighted by Crippen LogP contribution is 2.19. The zero-order valence-electron chi connectivity index (χ0n) is 15.5. The highest BCUT2D eigenvalue weighted by atomic mass is 32.2. The molecule has 0 N–H and O–H groups in total. The van der Waals surface area contributed by atoms with Gasteiger partial charge in [0.25, 0.3) is 0 Å². The summed E-state index contributed by atoms with van der Waals surface area (Å²) in [6, 6.07) is 10.6. The molecule has 3 heteroatoms. The molecule has 1 heterocycles. The lowest BCUT2D eigenvalue weighted by molar-refractivity contribution is 0.603. The quantitative estimate of drug-likeness (QED) is 0.384. The summed E-state index contributed by atoms with van der Waals surface area (Å²) in [5.74, 6) is 1.24. The Hall–Kier alpha value is -1.48. The molecule has 25 heavy (non-hydrogen) atoms. The van der Waals surface area contributed by atoms with Crippen molar-refractivity contribution in [3.05, 3.63) is 60.7 Å². The van der Waals surface area contributed by atoms with Crippen molar-refractivity contribution in [2.45, 2.75) is 63.7 Å². The maximum absolute atomic E-state index is 4.17. The highest BCUT2D eigenvalue weighted by Gasteiger charge is 2.06. The van der Waals surface area contributed by atoms with Gasteiger partial charge in [0.15, 0.2) is 0 Å². The number of hydrogen-bond donors (Lipinski definition) is 0. The fourth-order valence-corrected chi connectivity index (χ4v) is 3.99. The molecular formula is C22H32N2S. The Morgan fingerprint density at radius 3 is 2.52 bits per heavy atom. The van der Waals surface area contributed by atoms with Crippen LogP contribution in [0.3, 0.4) is 0 Å². The lowest BCUT2D eigenvalue weighted by atomic mass is 10.1. The van der Waals surface area contributed by atoms with Crippen molar-refractivity contribution in [2.75, 3.05) is 5.75 Å². The standard InChI is InChI=1S/C22H32N2S/c1-2-3-4-5-6-7-11-18-25-22(19-24-17-16-23-20-24)15-14-21-12-9-8-10-13-21/h8-10,12-17,20,22H,2-7,11,18-19H2,1H3. The van der Waals surface area contributed by atoms with Gasteiger partial charge in [-0.1, -0.05) is 87.9 Å². The Kier molecular flexibility index (Phi) is 10.2. The molecule has 0 aliphatic rings. The van der Waals surface area contributed by atoms with E-state index >= 15 is 0 Å². The third-order valence-electron chi connectivity index (χ3n) is 4.33. The molecule has 1 unspecified atom stereocenters. The van der Waals surface area contributed by atoms with Gasteiger partial charge in [0, 0.05) is 24.2 Å². The van der Waals surface area contributed by atoms with Gasteiger partial charge < -0.3 is 4.57 Å². The minimum absolute atomic E-state index is 0.495. The summed E-state index contributed by atoms with van der Waals surface area (Å²) in [5, 5.41) is 0.495.